The van der Waals surface area contributed by atoms with Crippen molar-refractivity contribution in [1.82, 2.24) is 0 Å². The van der Waals surface area contributed by atoms with Crippen LogP contribution in [0.1, 0.15) is 16.8 Å². The number of carbonyl (C=O) groups is 3. The van der Waals surface area contributed by atoms with Crippen LogP contribution in [0.5, 0.6) is 0 Å². The van der Waals surface area contributed by atoms with Gasteiger partial charge in [0, 0.05) is 0 Å². The van der Waals surface area contributed by atoms with Crippen molar-refractivity contribution in [2.45, 2.75) is 6.42 Å². The van der Waals surface area contributed by atoms with Crippen LogP contribution in [0, 0.1) is 23.7 Å². The fourth-order valence-electron chi connectivity index (χ4n) is 3.97. The third-order valence-electron chi connectivity index (χ3n) is 4.91. The number of anilines is 1. The highest BCUT2D eigenvalue weighted by Crippen LogP contribution is 2.53. The van der Waals surface area contributed by atoms with Gasteiger partial charge in [0.1, 0.15) is 0 Å². The number of imide groups is 1. The number of aromatic carboxylic acids is 1. The van der Waals surface area contributed by atoms with E-state index in [1.165, 1.54) is 18.2 Å². The molecule has 1 aliphatic heterocycles. The fourth-order valence-corrected chi connectivity index (χ4v) is 4.17. The van der Waals surface area contributed by atoms with Crippen molar-refractivity contribution < 1.29 is 19.5 Å². The fraction of sp³-hybridized carbons (Fsp3) is 0.312. The average Bonchev–Trinajstić information content (AvgIpc) is 3.14. The van der Waals surface area contributed by atoms with Gasteiger partial charge < -0.3 is 5.11 Å². The Labute approximate surface area is 131 Å². The highest BCUT2D eigenvalue weighted by Gasteiger charge is 2.59. The summed E-state index contributed by atoms with van der Waals surface area (Å²) in [7, 11) is 0. The van der Waals surface area contributed by atoms with E-state index < -0.39 is 5.97 Å². The molecule has 2 bridgehead atoms. The third kappa shape index (κ3) is 1.63. The molecule has 1 aromatic carbocycles. The first-order valence-corrected chi connectivity index (χ1v) is 7.46. The maximum absolute atomic E-state index is 12.6. The second kappa shape index (κ2) is 4.43. The summed E-state index contributed by atoms with van der Waals surface area (Å²) >= 11 is 5.84. The maximum atomic E-state index is 12.6. The van der Waals surface area contributed by atoms with E-state index in [-0.39, 0.29) is 51.8 Å². The Balaban J connectivity index is 1.76. The number of benzene rings is 1. The molecule has 5 nitrogen and oxygen atoms in total. The lowest BCUT2D eigenvalue weighted by atomic mass is 9.85. The SMILES string of the molecule is O=C(O)c1cc(N2C(=O)[C@@H]3[C@H](C2=O)[C@@H]2C=C[C@@H]3C2)ccc1Cl. The Hall–Kier alpha value is -2.14. The van der Waals surface area contributed by atoms with Gasteiger partial charge in [0.15, 0.2) is 0 Å². The third-order valence-corrected chi connectivity index (χ3v) is 5.24. The van der Waals surface area contributed by atoms with Gasteiger partial charge in [-0.1, -0.05) is 23.8 Å². The van der Waals surface area contributed by atoms with Crippen LogP contribution in [0.4, 0.5) is 5.69 Å². The average molecular weight is 318 g/mol. The molecule has 1 saturated heterocycles. The molecule has 1 aromatic rings. The van der Waals surface area contributed by atoms with E-state index in [4.69, 9.17) is 16.7 Å². The van der Waals surface area contributed by atoms with Gasteiger partial charge in [-0.05, 0) is 36.5 Å². The quantitative estimate of drug-likeness (QED) is 0.671. The van der Waals surface area contributed by atoms with Gasteiger partial charge in [0.25, 0.3) is 0 Å². The van der Waals surface area contributed by atoms with Gasteiger partial charge in [0.05, 0.1) is 28.1 Å². The number of allylic oxidation sites excluding steroid dienone is 2. The first kappa shape index (κ1) is 13.5. The molecule has 4 atom stereocenters. The van der Waals surface area contributed by atoms with Gasteiger partial charge in [-0.2, -0.15) is 0 Å². The maximum Gasteiger partial charge on any atom is 0.337 e. The molecule has 0 aromatic heterocycles. The molecule has 2 amide bonds. The van der Waals surface area contributed by atoms with Gasteiger partial charge in [0.2, 0.25) is 11.8 Å². The van der Waals surface area contributed by atoms with Gasteiger partial charge in [-0.3, -0.25) is 9.59 Å². The van der Waals surface area contributed by atoms with Crippen LogP contribution in [0.2, 0.25) is 5.02 Å². The molecule has 4 rings (SSSR count). The number of halogens is 1. The monoisotopic (exact) mass is 317 g/mol. The Morgan fingerprint density at radius 1 is 1.14 bits per heavy atom. The van der Waals surface area contributed by atoms with Crippen molar-refractivity contribution in [1.29, 1.82) is 0 Å². The van der Waals surface area contributed by atoms with E-state index in [0.717, 1.165) is 11.3 Å². The lowest BCUT2D eigenvalue weighted by Gasteiger charge is -2.18. The van der Waals surface area contributed by atoms with E-state index >= 15 is 0 Å². The summed E-state index contributed by atoms with van der Waals surface area (Å²) in [6, 6.07) is 4.21. The number of carboxylic acids is 1. The second-order valence-corrected chi connectivity index (χ2v) is 6.39. The number of rotatable bonds is 2. The highest BCUT2D eigenvalue weighted by molar-refractivity contribution is 6.34. The van der Waals surface area contributed by atoms with E-state index in [9.17, 15) is 14.4 Å². The van der Waals surface area contributed by atoms with E-state index in [1.54, 1.807) is 0 Å². The van der Waals surface area contributed by atoms with Crippen molar-refractivity contribution in [2.24, 2.45) is 23.7 Å². The minimum Gasteiger partial charge on any atom is -0.478 e. The predicted octanol–water partition coefficient (Wildman–Crippen LogP) is 2.35. The Morgan fingerprint density at radius 3 is 2.27 bits per heavy atom. The molecule has 1 saturated carbocycles. The first-order valence-electron chi connectivity index (χ1n) is 7.08. The number of nitrogens with zero attached hydrogens (tertiary/aromatic N) is 1. The summed E-state index contributed by atoms with van der Waals surface area (Å²) in [5.74, 6) is -1.99. The number of carboxylic acid groups (broad SMARTS) is 1. The first-order chi connectivity index (χ1) is 10.5. The number of hydrogen-bond donors (Lipinski definition) is 1. The lowest BCUT2D eigenvalue weighted by Crippen LogP contribution is -2.33. The summed E-state index contributed by atoms with van der Waals surface area (Å²) in [6.07, 6.45) is 4.90. The minimum atomic E-state index is -1.19. The van der Waals surface area contributed by atoms with E-state index in [2.05, 4.69) is 0 Å². The molecule has 22 heavy (non-hydrogen) atoms. The Bertz CT molecular complexity index is 727. The topological polar surface area (TPSA) is 74.7 Å². The van der Waals surface area contributed by atoms with E-state index in [0.29, 0.717) is 0 Å². The van der Waals surface area contributed by atoms with Crippen LogP contribution in [-0.2, 0) is 9.59 Å². The number of hydrogen-bond acceptors (Lipinski definition) is 3. The lowest BCUT2D eigenvalue weighted by molar-refractivity contribution is -0.123. The largest absolute Gasteiger partial charge is 0.478 e. The number of fused-ring (bicyclic) bond motifs is 5. The van der Waals surface area contributed by atoms with Crippen LogP contribution < -0.4 is 4.90 Å². The molecule has 112 valence electrons. The van der Waals surface area contributed by atoms with Crippen molar-refractivity contribution in [3.8, 4) is 0 Å². The summed E-state index contributed by atoms with van der Waals surface area (Å²) in [5.41, 5.74) is 0.170. The molecule has 2 aliphatic carbocycles. The molecule has 3 aliphatic rings. The standard InChI is InChI=1S/C16H12ClNO4/c17-11-4-3-9(6-10(11)16(21)22)18-14(19)12-7-1-2-8(5-7)13(12)15(18)20/h1-4,6-8,12-13H,5H2,(H,21,22)/t7-,8-,12-,13+/m1/s1. The van der Waals surface area contributed by atoms with Crippen LogP contribution in [0.25, 0.3) is 0 Å². The molecule has 1 N–H and O–H groups in total. The molecular weight excluding hydrogens is 306 g/mol. The summed E-state index contributed by atoms with van der Waals surface area (Å²) in [5, 5.41) is 9.22. The van der Waals surface area contributed by atoms with E-state index in [1.807, 2.05) is 12.2 Å². The second-order valence-electron chi connectivity index (χ2n) is 5.98. The Kier molecular flexibility index (Phi) is 2.72. The Morgan fingerprint density at radius 2 is 1.73 bits per heavy atom. The summed E-state index contributed by atoms with van der Waals surface area (Å²) < 4.78 is 0. The predicted molar refractivity (Wildman–Crippen MR) is 78.6 cm³/mol. The molecule has 1 heterocycles. The van der Waals surface area contributed by atoms with Crippen molar-refractivity contribution in [2.75, 3.05) is 4.90 Å². The van der Waals surface area contributed by atoms with Gasteiger partial charge >= 0.3 is 5.97 Å². The van der Waals surface area contributed by atoms with Crippen LogP contribution in [0.3, 0.4) is 0 Å². The zero-order valence-electron chi connectivity index (χ0n) is 11.4. The highest BCUT2D eigenvalue weighted by atomic mass is 35.5. The molecule has 0 radical (unpaired) electrons. The summed E-state index contributed by atoms with van der Waals surface area (Å²) in [4.78, 5) is 37.6. The van der Waals surface area contributed by atoms with Crippen molar-refractivity contribution in [3.63, 3.8) is 0 Å². The van der Waals surface area contributed by atoms with Crippen LogP contribution in [-0.4, -0.2) is 22.9 Å². The zero-order valence-corrected chi connectivity index (χ0v) is 12.2. The van der Waals surface area contributed by atoms with Crippen molar-refractivity contribution >= 4 is 35.1 Å². The molecule has 6 heteroatoms. The minimum absolute atomic E-state index is 0.0808. The summed E-state index contributed by atoms with van der Waals surface area (Å²) in [6.45, 7) is 0. The zero-order chi connectivity index (χ0) is 15.6. The van der Waals surface area contributed by atoms with Crippen LogP contribution in [0.15, 0.2) is 30.4 Å². The van der Waals surface area contributed by atoms with Crippen molar-refractivity contribution in [3.05, 3.63) is 40.9 Å². The molecule has 0 unspecified atom stereocenters. The molecule has 0 spiro atoms. The normalized spacial score (nSPS) is 32.0. The molecular formula is C16H12ClNO4. The number of carbonyl (C=O) groups excluding carboxylic acids is 2. The van der Waals surface area contributed by atoms with Crippen LogP contribution >= 0.6 is 11.6 Å². The smallest absolute Gasteiger partial charge is 0.337 e. The molecule has 2 fully saturated rings. The number of amides is 2. The van der Waals surface area contributed by atoms with Gasteiger partial charge in [-0.25, -0.2) is 9.69 Å². The van der Waals surface area contributed by atoms with Gasteiger partial charge in [-0.15, -0.1) is 0 Å².